The zero-order valence-electron chi connectivity index (χ0n) is 8.17. The molecule has 0 aliphatic rings. The molecule has 1 aromatic rings. The summed E-state index contributed by atoms with van der Waals surface area (Å²) in [6, 6.07) is 9.13. The van der Waals surface area contributed by atoms with Crippen molar-refractivity contribution in [2.24, 2.45) is 0 Å². The third-order valence-corrected chi connectivity index (χ3v) is 1.70. The third kappa shape index (κ3) is 4.06. The third-order valence-electron chi connectivity index (χ3n) is 1.70. The van der Waals surface area contributed by atoms with E-state index in [1.54, 1.807) is 12.1 Å². The number of aldehydes is 2. The van der Waals surface area contributed by atoms with Gasteiger partial charge in [0.05, 0.1) is 13.2 Å². The predicted molar refractivity (Wildman–Crippen MR) is 55.9 cm³/mol. The molecule has 0 aromatic heterocycles. The molecule has 0 spiro atoms. The Morgan fingerprint density at radius 3 is 2.00 bits per heavy atom. The van der Waals surface area contributed by atoms with Crippen LogP contribution in [0.5, 0.6) is 0 Å². The number of benzene rings is 1. The predicted octanol–water partition coefficient (Wildman–Crippen LogP) is -0.187. The van der Waals surface area contributed by atoms with E-state index in [1.807, 2.05) is 18.2 Å². The summed E-state index contributed by atoms with van der Waals surface area (Å²) in [5.41, 5.74) is 0.779. The highest BCUT2D eigenvalue weighted by molar-refractivity contribution is 6.61. The monoisotopic (exact) mass is 206 g/mol. The van der Waals surface area contributed by atoms with Gasteiger partial charge in [-0.3, -0.25) is 0 Å². The summed E-state index contributed by atoms with van der Waals surface area (Å²) in [5, 5.41) is 0. The molecule has 5 heteroatoms. The van der Waals surface area contributed by atoms with Gasteiger partial charge in [-0.15, -0.1) is 0 Å². The lowest BCUT2D eigenvalue weighted by molar-refractivity contribution is -0.110. The minimum Gasteiger partial charge on any atom is -0.400 e. The van der Waals surface area contributed by atoms with E-state index >= 15 is 0 Å². The molecule has 0 amide bonds. The van der Waals surface area contributed by atoms with Gasteiger partial charge in [-0.2, -0.15) is 0 Å². The molecule has 0 N–H and O–H groups in total. The first-order chi connectivity index (χ1) is 7.38. The van der Waals surface area contributed by atoms with Crippen molar-refractivity contribution in [2.75, 3.05) is 13.2 Å². The molecule has 0 radical (unpaired) electrons. The van der Waals surface area contributed by atoms with Crippen molar-refractivity contribution in [3.63, 3.8) is 0 Å². The van der Waals surface area contributed by atoms with Crippen LogP contribution in [0.15, 0.2) is 30.3 Å². The SMILES string of the molecule is O=CCOB(OCC=O)c1ccccc1. The molecule has 0 fully saturated rings. The maximum Gasteiger partial charge on any atom is 0.494 e. The zero-order chi connectivity index (χ0) is 10.9. The average molecular weight is 206 g/mol. The van der Waals surface area contributed by atoms with E-state index in [2.05, 4.69) is 0 Å². The Labute approximate surface area is 88.3 Å². The topological polar surface area (TPSA) is 52.6 Å². The van der Waals surface area contributed by atoms with E-state index in [1.165, 1.54) is 0 Å². The van der Waals surface area contributed by atoms with Gasteiger partial charge in [0.1, 0.15) is 12.6 Å². The highest BCUT2D eigenvalue weighted by Crippen LogP contribution is 1.92. The Morgan fingerprint density at radius 2 is 1.53 bits per heavy atom. The van der Waals surface area contributed by atoms with Crippen molar-refractivity contribution in [3.8, 4) is 0 Å². The molecule has 0 heterocycles. The first kappa shape index (κ1) is 11.6. The van der Waals surface area contributed by atoms with Crippen molar-refractivity contribution in [1.82, 2.24) is 0 Å². The molecule has 1 rings (SSSR count). The molecule has 4 nitrogen and oxygen atoms in total. The average Bonchev–Trinajstić information content (AvgIpc) is 2.30. The van der Waals surface area contributed by atoms with Crippen LogP contribution in [0.4, 0.5) is 0 Å². The Hall–Kier alpha value is -1.46. The Kier molecular flexibility index (Phi) is 5.36. The molecule has 0 saturated heterocycles. The lowest BCUT2D eigenvalue weighted by atomic mass is 9.79. The Balaban J connectivity index is 2.62. The number of rotatable bonds is 7. The first-order valence-electron chi connectivity index (χ1n) is 4.54. The highest BCUT2D eigenvalue weighted by Gasteiger charge is 2.20. The Morgan fingerprint density at radius 1 is 1.00 bits per heavy atom. The fourth-order valence-corrected chi connectivity index (χ4v) is 1.10. The standard InChI is InChI=1S/C10H11BO4/c12-6-8-14-11(15-9-7-13)10-4-2-1-3-5-10/h1-7H,8-9H2. The molecule has 0 saturated carbocycles. The molecule has 0 atom stereocenters. The summed E-state index contributed by atoms with van der Waals surface area (Å²) in [5.74, 6) is 0. The molecule has 0 bridgehead atoms. The van der Waals surface area contributed by atoms with Crippen LogP contribution >= 0.6 is 0 Å². The van der Waals surface area contributed by atoms with Crippen molar-refractivity contribution in [1.29, 1.82) is 0 Å². The zero-order valence-corrected chi connectivity index (χ0v) is 8.17. The number of carbonyl (C=O) groups excluding carboxylic acids is 2. The van der Waals surface area contributed by atoms with Crippen LogP contribution in [0.3, 0.4) is 0 Å². The summed E-state index contributed by atoms with van der Waals surface area (Å²) in [6.45, 7) is -0.114. The van der Waals surface area contributed by atoms with Crippen LogP contribution in [-0.2, 0) is 18.9 Å². The minimum atomic E-state index is -0.665. The first-order valence-corrected chi connectivity index (χ1v) is 4.54. The fourth-order valence-electron chi connectivity index (χ4n) is 1.10. The van der Waals surface area contributed by atoms with Gasteiger partial charge in [-0.05, 0) is 5.46 Å². The van der Waals surface area contributed by atoms with Gasteiger partial charge in [0.15, 0.2) is 0 Å². The van der Waals surface area contributed by atoms with E-state index in [-0.39, 0.29) is 13.2 Å². The number of hydrogen-bond donors (Lipinski definition) is 0. The quantitative estimate of drug-likeness (QED) is 0.458. The molecule has 1 aromatic carbocycles. The van der Waals surface area contributed by atoms with Gasteiger partial charge < -0.3 is 18.9 Å². The Bertz CT molecular complexity index is 290. The largest absolute Gasteiger partial charge is 0.494 e. The molecular weight excluding hydrogens is 195 g/mol. The molecule has 15 heavy (non-hydrogen) atoms. The van der Waals surface area contributed by atoms with Crippen LogP contribution in [-0.4, -0.2) is 32.9 Å². The van der Waals surface area contributed by atoms with Crippen molar-refractivity contribution >= 4 is 25.2 Å². The summed E-state index contributed by atoms with van der Waals surface area (Å²) in [7, 11) is -0.665. The van der Waals surface area contributed by atoms with Gasteiger partial charge in [0.25, 0.3) is 0 Å². The summed E-state index contributed by atoms with van der Waals surface area (Å²) >= 11 is 0. The molecular formula is C10H11BO4. The van der Waals surface area contributed by atoms with Crippen molar-refractivity contribution < 1.29 is 18.9 Å². The van der Waals surface area contributed by atoms with E-state index in [0.717, 1.165) is 5.46 Å². The number of carbonyl (C=O) groups is 2. The second-order valence-corrected chi connectivity index (χ2v) is 2.74. The van der Waals surface area contributed by atoms with Gasteiger partial charge >= 0.3 is 7.12 Å². The van der Waals surface area contributed by atoms with Crippen molar-refractivity contribution in [3.05, 3.63) is 30.3 Å². The van der Waals surface area contributed by atoms with Crippen LogP contribution < -0.4 is 5.46 Å². The normalized spacial score (nSPS) is 9.60. The van der Waals surface area contributed by atoms with Crippen LogP contribution in [0.2, 0.25) is 0 Å². The second kappa shape index (κ2) is 6.92. The summed E-state index contributed by atoms with van der Waals surface area (Å²) in [4.78, 5) is 20.3. The van der Waals surface area contributed by atoms with Gasteiger partial charge in [-0.25, -0.2) is 0 Å². The van der Waals surface area contributed by atoms with Crippen LogP contribution in [0.25, 0.3) is 0 Å². The summed E-state index contributed by atoms with van der Waals surface area (Å²) < 4.78 is 10.3. The van der Waals surface area contributed by atoms with E-state index in [0.29, 0.717) is 12.6 Å². The minimum absolute atomic E-state index is 0.0571. The van der Waals surface area contributed by atoms with E-state index < -0.39 is 7.12 Å². The van der Waals surface area contributed by atoms with Crippen LogP contribution in [0, 0.1) is 0 Å². The second-order valence-electron chi connectivity index (χ2n) is 2.74. The van der Waals surface area contributed by atoms with E-state index in [4.69, 9.17) is 9.31 Å². The molecule has 0 aliphatic carbocycles. The van der Waals surface area contributed by atoms with Crippen LogP contribution in [0.1, 0.15) is 0 Å². The van der Waals surface area contributed by atoms with Gasteiger partial charge in [-0.1, -0.05) is 30.3 Å². The maximum absolute atomic E-state index is 10.2. The molecule has 0 aliphatic heterocycles. The number of hydrogen-bond acceptors (Lipinski definition) is 4. The molecule has 78 valence electrons. The van der Waals surface area contributed by atoms with E-state index in [9.17, 15) is 9.59 Å². The lowest BCUT2D eigenvalue weighted by Crippen LogP contribution is -2.37. The van der Waals surface area contributed by atoms with Gasteiger partial charge in [0, 0.05) is 0 Å². The highest BCUT2D eigenvalue weighted by atomic mass is 16.6. The maximum atomic E-state index is 10.2. The summed E-state index contributed by atoms with van der Waals surface area (Å²) in [6.07, 6.45) is 1.28. The molecule has 0 unspecified atom stereocenters. The van der Waals surface area contributed by atoms with Crippen molar-refractivity contribution in [2.45, 2.75) is 0 Å². The lowest BCUT2D eigenvalue weighted by Gasteiger charge is -2.11. The fraction of sp³-hybridized carbons (Fsp3) is 0.200. The smallest absolute Gasteiger partial charge is 0.400 e. The van der Waals surface area contributed by atoms with Gasteiger partial charge in [0.2, 0.25) is 0 Å².